The first-order chi connectivity index (χ1) is 13.3. The molecule has 0 bridgehead atoms. The topological polar surface area (TPSA) is 46.3 Å². The number of amides is 1. The Hall–Kier alpha value is -2.40. The highest BCUT2D eigenvalue weighted by atomic mass is 32.1. The fourth-order valence-corrected chi connectivity index (χ4v) is 4.57. The van der Waals surface area contributed by atoms with Gasteiger partial charge in [0.05, 0.1) is 29.9 Å². The van der Waals surface area contributed by atoms with E-state index in [0.717, 1.165) is 35.7 Å². The van der Waals surface area contributed by atoms with Crippen molar-refractivity contribution in [3.8, 4) is 0 Å². The molecular formula is C22H24N2O2S. The molecule has 0 atom stereocenters. The lowest BCUT2D eigenvalue weighted by atomic mass is 10.1. The third-order valence-corrected chi connectivity index (χ3v) is 6.02. The van der Waals surface area contributed by atoms with Gasteiger partial charge in [-0.1, -0.05) is 43.2 Å². The maximum atomic E-state index is 13.0. The summed E-state index contributed by atoms with van der Waals surface area (Å²) in [5, 5.41) is 3.08. The van der Waals surface area contributed by atoms with Crippen molar-refractivity contribution in [3.05, 3.63) is 76.1 Å². The van der Waals surface area contributed by atoms with Crippen LogP contribution in [0, 0.1) is 0 Å². The quantitative estimate of drug-likeness (QED) is 0.589. The van der Waals surface area contributed by atoms with Gasteiger partial charge >= 0.3 is 0 Å². The number of nitrogens with zero attached hydrogens (tertiary/aromatic N) is 2. The van der Waals surface area contributed by atoms with Gasteiger partial charge in [0.1, 0.15) is 5.76 Å². The largest absolute Gasteiger partial charge is 0.467 e. The third-order valence-electron chi connectivity index (χ3n) is 5.12. The summed E-state index contributed by atoms with van der Waals surface area (Å²) < 4.78 is 5.49. The predicted molar refractivity (Wildman–Crippen MR) is 107 cm³/mol. The highest BCUT2D eigenvalue weighted by molar-refractivity contribution is 7.09. The number of benzene rings is 1. The van der Waals surface area contributed by atoms with E-state index < -0.39 is 0 Å². The summed E-state index contributed by atoms with van der Waals surface area (Å²) in [4.78, 5) is 19.7. The lowest BCUT2D eigenvalue weighted by Crippen LogP contribution is -2.39. The molecule has 2 aromatic heterocycles. The molecule has 1 aliphatic rings. The van der Waals surface area contributed by atoms with Crippen molar-refractivity contribution in [1.82, 2.24) is 9.88 Å². The summed E-state index contributed by atoms with van der Waals surface area (Å²) in [6.07, 6.45) is 7.42. The van der Waals surface area contributed by atoms with E-state index >= 15 is 0 Å². The van der Waals surface area contributed by atoms with Gasteiger partial charge in [0.2, 0.25) is 5.91 Å². The summed E-state index contributed by atoms with van der Waals surface area (Å²) in [6.45, 7) is 0.553. The maximum absolute atomic E-state index is 13.0. The van der Waals surface area contributed by atoms with Gasteiger partial charge in [0.25, 0.3) is 0 Å². The average Bonchev–Trinajstić information content (AvgIpc) is 3.44. The summed E-state index contributed by atoms with van der Waals surface area (Å²) in [5.41, 5.74) is 2.12. The fourth-order valence-electron chi connectivity index (χ4n) is 3.75. The van der Waals surface area contributed by atoms with Gasteiger partial charge in [-0.05, 0) is 30.5 Å². The molecule has 3 aromatic rings. The van der Waals surface area contributed by atoms with Crippen molar-refractivity contribution in [1.29, 1.82) is 0 Å². The molecule has 2 heterocycles. The number of hydrogen-bond donors (Lipinski definition) is 0. The van der Waals surface area contributed by atoms with E-state index in [1.807, 2.05) is 40.6 Å². The number of furan rings is 1. The van der Waals surface area contributed by atoms with Crippen LogP contribution in [0.3, 0.4) is 0 Å². The molecule has 140 valence electrons. The Labute approximate surface area is 163 Å². The van der Waals surface area contributed by atoms with Crippen molar-refractivity contribution in [2.45, 2.75) is 51.1 Å². The molecule has 0 N–H and O–H groups in total. The van der Waals surface area contributed by atoms with Crippen LogP contribution < -0.4 is 0 Å². The van der Waals surface area contributed by atoms with Gasteiger partial charge in [-0.3, -0.25) is 4.79 Å². The number of rotatable bonds is 7. The molecule has 1 aliphatic carbocycles. The summed E-state index contributed by atoms with van der Waals surface area (Å²) in [5.74, 6) is 0.994. The van der Waals surface area contributed by atoms with E-state index in [1.54, 1.807) is 17.6 Å². The molecular weight excluding hydrogens is 356 g/mol. The SMILES string of the molecule is O=C(Cc1csc(Cc2ccccc2)n1)N(Cc1ccco1)C1CCCC1. The average molecular weight is 381 g/mol. The van der Waals surface area contributed by atoms with Crippen LogP contribution in [0.4, 0.5) is 0 Å². The minimum absolute atomic E-state index is 0.148. The van der Waals surface area contributed by atoms with E-state index in [9.17, 15) is 4.79 Å². The highest BCUT2D eigenvalue weighted by Crippen LogP contribution is 2.26. The molecule has 0 saturated heterocycles. The zero-order chi connectivity index (χ0) is 18.5. The van der Waals surface area contributed by atoms with Crippen molar-refractivity contribution in [2.75, 3.05) is 0 Å². The molecule has 0 radical (unpaired) electrons. The smallest absolute Gasteiger partial charge is 0.229 e. The lowest BCUT2D eigenvalue weighted by molar-refractivity contribution is -0.133. The Bertz CT molecular complexity index is 852. The Morgan fingerprint density at radius 3 is 2.70 bits per heavy atom. The van der Waals surface area contributed by atoms with Crippen molar-refractivity contribution < 1.29 is 9.21 Å². The molecule has 0 aliphatic heterocycles. The van der Waals surface area contributed by atoms with E-state index in [2.05, 4.69) is 12.1 Å². The van der Waals surface area contributed by atoms with Gasteiger partial charge in [-0.2, -0.15) is 0 Å². The van der Waals surface area contributed by atoms with Crippen LogP contribution in [0.25, 0.3) is 0 Å². The molecule has 1 aromatic carbocycles. The molecule has 27 heavy (non-hydrogen) atoms. The first kappa shape index (κ1) is 18.0. The molecule has 1 saturated carbocycles. The van der Waals surface area contributed by atoms with Crippen LogP contribution >= 0.6 is 11.3 Å². The number of hydrogen-bond acceptors (Lipinski definition) is 4. The van der Waals surface area contributed by atoms with Crippen molar-refractivity contribution in [2.24, 2.45) is 0 Å². The summed E-state index contributed by atoms with van der Waals surface area (Å²) in [7, 11) is 0. The highest BCUT2D eigenvalue weighted by Gasteiger charge is 2.27. The van der Waals surface area contributed by atoms with Crippen LogP contribution in [0.2, 0.25) is 0 Å². The van der Waals surface area contributed by atoms with Gasteiger partial charge in [0, 0.05) is 17.8 Å². The van der Waals surface area contributed by atoms with Gasteiger partial charge < -0.3 is 9.32 Å². The van der Waals surface area contributed by atoms with Gasteiger partial charge in [-0.25, -0.2) is 4.98 Å². The first-order valence-corrected chi connectivity index (χ1v) is 10.4. The predicted octanol–water partition coefficient (Wildman–Crippen LogP) is 4.84. The minimum Gasteiger partial charge on any atom is -0.467 e. The van der Waals surface area contributed by atoms with Crippen molar-refractivity contribution in [3.63, 3.8) is 0 Å². The first-order valence-electron chi connectivity index (χ1n) is 9.57. The number of aromatic nitrogens is 1. The lowest BCUT2D eigenvalue weighted by Gasteiger charge is -2.28. The normalized spacial score (nSPS) is 14.5. The van der Waals surface area contributed by atoms with Crippen molar-refractivity contribution >= 4 is 17.2 Å². The molecule has 0 unspecified atom stereocenters. The summed E-state index contributed by atoms with van der Waals surface area (Å²) in [6, 6.07) is 14.5. The van der Waals surface area contributed by atoms with E-state index in [0.29, 0.717) is 19.0 Å². The Morgan fingerprint density at radius 2 is 1.96 bits per heavy atom. The molecule has 1 amide bonds. The minimum atomic E-state index is 0.148. The van der Waals surface area contributed by atoms with Crippen LogP contribution in [-0.4, -0.2) is 21.8 Å². The standard InChI is InChI=1S/C22H24N2O2S/c25-22(24(19-9-4-5-10-19)15-20-11-6-12-26-20)14-18-16-27-21(23-18)13-17-7-2-1-3-8-17/h1-3,6-8,11-12,16,19H,4-5,9-10,13-15H2. The van der Waals surface area contributed by atoms with Crippen LogP contribution in [-0.2, 0) is 24.2 Å². The number of carbonyl (C=O) groups is 1. The molecule has 4 rings (SSSR count). The number of carbonyl (C=O) groups excluding carboxylic acids is 1. The third kappa shape index (κ3) is 4.66. The van der Waals surface area contributed by atoms with E-state index in [4.69, 9.17) is 9.40 Å². The Balaban J connectivity index is 1.42. The van der Waals surface area contributed by atoms with Crippen LogP contribution in [0.15, 0.2) is 58.5 Å². The molecule has 0 spiro atoms. The van der Waals surface area contributed by atoms with Gasteiger partial charge in [0.15, 0.2) is 0 Å². The summed E-state index contributed by atoms with van der Waals surface area (Å²) >= 11 is 1.64. The maximum Gasteiger partial charge on any atom is 0.229 e. The molecule has 5 heteroatoms. The van der Waals surface area contributed by atoms with Crippen LogP contribution in [0.5, 0.6) is 0 Å². The van der Waals surface area contributed by atoms with E-state index in [-0.39, 0.29) is 5.91 Å². The Kier molecular flexibility index (Phi) is 5.68. The van der Waals surface area contributed by atoms with Crippen LogP contribution in [0.1, 0.15) is 47.7 Å². The Morgan fingerprint density at radius 1 is 1.15 bits per heavy atom. The number of thiazole rings is 1. The van der Waals surface area contributed by atoms with E-state index in [1.165, 1.54) is 18.4 Å². The second-order valence-corrected chi connectivity index (χ2v) is 8.05. The zero-order valence-electron chi connectivity index (χ0n) is 15.3. The second-order valence-electron chi connectivity index (χ2n) is 7.11. The second kappa shape index (κ2) is 8.53. The monoisotopic (exact) mass is 380 g/mol. The van der Waals surface area contributed by atoms with Gasteiger partial charge in [-0.15, -0.1) is 11.3 Å². The molecule has 1 fully saturated rings. The zero-order valence-corrected chi connectivity index (χ0v) is 16.2. The molecule has 4 nitrogen and oxygen atoms in total. The fraction of sp³-hybridized carbons (Fsp3) is 0.364.